The molecule has 0 unspecified atom stereocenters. The zero-order valence-electron chi connectivity index (χ0n) is 23.0. The van der Waals surface area contributed by atoms with E-state index in [4.69, 9.17) is 9.26 Å². The molecule has 2 aromatic carbocycles. The van der Waals surface area contributed by atoms with Crippen LogP contribution in [0.3, 0.4) is 0 Å². The van der Waals surface area contributed by atoms with Gasteiger partial charge in [0.25, 0.3) is 0 Å². The molecule has 0 radical (unpaired) electrons. The Kier molecular flexibility index (Phi) is 8.25. The Hall–Kier alpha value is -3.49. The number of carboxylic acid groups (broad SMARTS) is 1. The highest BCUT2D eigenvalue weighted by Gasteiger charge is 2.25. The number of rotatable bonds is 8. The number of nitrogens with one attached hydrogen (secondary N) is 1. The maximum atomic E-state index is 11.9. The van der Waals surface area contributed by atoms with E-state index in [2.05, 4.69) is 26.4 Å². The molecule has 6 rings (SSSR count). The maximum Gasteiger partial charge on any atom is 0.336 e. The zero-order chi connectivity index (χ0) is 27.3. The molecule has 0 amide bonds. The highest BCUT2D eigenvalue weighted by molar-refractivity contribution is 5.95. The van der Waals surface area contributed by atoms with Crippen LogP contribution >= 0.6 is 0 Å². The van der Waals surface area contributed by atoms with Gasteiger partial charge in [0, 0.05) is 31.8 Å². The summed E-state index contributed by atoms with van der Waals surface area (Å²) in [7, 11) is 0. The van der Waals surface area contributed by atoms with Gasteiger partial charge in [0.15, 0.2) is 0 Å². The van der Waals surface area contributed by atoms with Crippen molar-refractivity contribution in [1.82, 2.24) is 15.5 Å². The van der Waals surface area contributed by atoms with Gasteiger partial charge in [-0.05, 0) is 79.0 Å². The summed E-state index contributed by atoms with van der Waals surface area (Å²) in [5, 5.41) is 17.3. The molecular formula is C32H38N4O4. The second kappa shape index (κ2) is 12.4. The average molecular weight is 543 g/mol. The topological polar surface area (TPSA) is 101 Å². The van der Waals surface area contributed by atoms with E-state index in [1.807, 2.05) is 36.4 Å². The Bertz CT molecular complexity index is 1340. The SMILES string of the molecule is O=C(O)c1ccc(-c2ccc(-c3noc(N4CCC(OCC5CCCCC5)CC4)n3)cc2)cc1C1=CCNCC1. The number of hydrogen-bond acceptors (Lipinski definition) is 7. The summed E-state index contributed by atoms with van der Waals surface area (Å²) in [6.45, 7) is 4.23. The van der Waals surface area contributed by atoms with Crippen molar-refractivity contribution in [2.45, 2.75) is 57.5 Å². The van der Waals surface area contributed by atoms with Gasteiger partial charge in [-0.2, -0.15) is 4.98 Å². The molecule has 8 nitrogen and oxygen atoms in total. The minimum Gasteiger partial charge on any atom is -0.478 e. The van der Waals surface area contributed by atoms with E-state index < -0.39 is 5.97 Å². The highest BCUT2D eigenvalue weighted by Crippen LogP contribution is 2.31. The lowest BCUT2D eigenvalue weighted by Crippen LogP contribution is -2.37. The van der Waals surface area contributed by atoms with Crippen molar-refractivity contribution in [2.75, 3.05) is 37.7 Å². The Morgan fingerprint density at radius 3 is 2.48 bits per heavy atom. The quantitative estimate of drug-likeness (QED) is 0.355. The minimum absolute atomic E-state index is 0.323. The van der Waals surface area contributed by atoms with Gasteiger partial charge in [0.2, 0.25) is 5.82 Å². The molecule has 0 atom stereocenters. The first-order chi connectivity index (χ1) is 19.6. The summed E-state index contributed by atoms with van der Waals surface area (Å²) in [4.78, 5) is 18.7. The molecule has 0 bridgehead atoms. The van der Waals surface area contributed by atoms with Crippen LogP contribution in [0.2, 0.25) is 0 Å². The Labute approximate surface area is 235 Å². The van der Waals surface area contributed by atoms with Crippen LogP contribution in [0.1, 0.15) is 67.3 Å². The Morgan fingerprint density at radius 1 is 1.00 bits per heavy atom. The third kappa shape index (κ3) is 6.13. The van der Waals surface area contributed by atoms with Gasteiger partial charge in [-0.25, -0.2) is 4.79 Å². The van der Waals surface area contributed by atoms with Gasteiger partial charge < -0.3 is 24.6 Å². The molecular weight excluding hydrogens is 504 g/mol. The lowest BCUT2D eigenvalue weighted by Gasteiger charge is -2.32. The standard InChI is InChI=1S/C32H38N4O4/c37-31(38)28-11-10-26(20-29(28)24-12-16-33-17-13-24)23-6-8-25(9-7-23)30-34-32(40-35-30)36-18-14-27(15-19-36)39-21-22-4-2-1-3-5-22/h6-12,20,22,27,33H,1-5,13-19,21H2,(H,37,38). The van der Waals surface area contributed by atoms with Crippen LogP contribution in [0.15, 0.2) is 53.1 Å². The molecule has 1 saturated carbocycles. The number of anilines is 1. The molecule has 210 valence electrons. The number of piperidine rings is 1. The molecule has 2 aliphatic heterocycles. The smallest absolute Gasteiger partial charge is 0.336 e. The van der Waals surface area contributed by atoms with Crippen molar-refractivity contribution < 1.29 is 19.2 Å². The molecule has 3 heterocycles. The van der Waals surface area contributed by atoms with Crippen molar-refractivity contribution in [3.05, 3.63) is 59.7 Å². The number of carboxylic acids is 1. The molecule has 2 fully saturated rings. The van der Waals surface area contributed by atoms with Crippen LogP contribution in [0.25, 0.3) is 28.1 Å². The number of benzene rings is 2. The second-order valence-corrected chi connectivity index (χ2v) is 11.3. The third-order valence-corrected chi connectivity index (χ3v) is 8.56. The minimum atomic E-state index is -0.902. The lowest BCUT2D eigenvalue weighted by molar-refractivity contribution is 0.00761. The number of nitrogens with zero attached hydrogens (tertiary/aromatic N) is 3. The number of aromatic carboxylic acids is 1. The highest BCUT2D eigenvalue weighted by atomic mass is 16.5. The van der Waals surface area contributed by atoms with Crippen LogP contribution < -0.4 is 10.2 Å². The van der Waals surface area contributed by atoms with Crippen molar-refractivity contribution >= 4 is 17.6 Å². The molecule has 3 aromatic rings. The third-order valence-electron chi connectivity index (χ3n) is 8.56. The van der Waals surface area contributed by atoms with E-state index in [1.165, 1.54) is 32.1 Å². The van der Waals surface area contributed by atoms with E-state index in [0.717, 1.165) is 85.8 Å². The number of hydrogen-bond donors (Lipinski definition) is 2. The van der Waals surface area contributed by atoms with E-state index in [0.29, 0.717) is 23.5 Å². The first-order valence-corrected chi connectivity index (χ1v) is 14.7. The van der Waals surface area contributed by atoms with Crippen LogP contribution in [0.4, 0.5) is 6.01 Å². The predicted octanol–water partition coefficient (Wildman–Crippen LogP) is 6.04. The summed E-state index contributed by atoms with van der Waals surface area (Å²) >= 11 is 0. The van der Waals surface area contributed by atoms with E-state index >= 15 is 0 Å². The largest absolute Gasteiger partial charge is 0.478 e. The second-order valence-electron chi connectivity index (χ2n) is 11.3. The van der Waals surface area contributed by atoms with Crippen LogP contribution in [0.5, 0.6) is 0 Å². The number of ether oxygens (including phenoxy) is 1. The Balaban J connectivity index is 1.09. The Morgan fingerprint density at radius 2 is 1.75 bits per heavy atom. The average Bonchev–Trinajstić information content (AvgIpc) is 3.51. The summed E-state index contributed by atoms with van der Waals surface area (Å²) in [5.74, 6) is 0.411. The molecule has 2 N–H and O–H groups in total. The maximum absolute atomic E-state index is 11.9. The van der Waals surface area contributed by atoms with Crippen molar-refractivity contribution in [3.63, 3.8) is 0 Å². The molecule has 8 heteroatoms. The first-order valence-electron chi connectivity index (χ1n) is 14.7. The normalized spacial score (nSPS) is 19.0. The van der Waals surface area contributed by atoms with Gasteiger partial charge in [0.1, 0.15) is 0 Å². The summed E-state index contributed by atoms with van der Waals surface area (Å²) < 4.78 is 11.9. The lowest BCUT2D eigenvalue weighted by atomic mass is 9.90. The first kappa shape index (κ1) is 26.7. The molecule has 40 heavy (non-hydrogen) atoms. The number of aromatic nitrogens is 2. The molecule has 3 aliphatic rings. The van der Waals surface area contributed by atoms with Crippen LogP contribution in [-0.2, 0) is 4.74 Å². The summed E-state index contributed by atoms with van der Waals surface area (Å²) in [6, 6.07) is 14.2. The van der Waals surface area contributed by atoms with E-state index in [1.54, 1.807) is 6.07 Å². The van der Waals surface area contributed by atoms with Gasteiger partial charge in [0.05, 0.1) is 11.7 Å². The molecule has 1 saturated heterocycles. The van der Waals surface area contributed by atoms with E-state index in [9.17, 15) is 9.90 Å². The zero-order valence-corrected chi connectivity index (χ0v) is 23.0. The van der Waals surface area contributed by atoms with E-state index in [-0.39, 0.29) is 0 Å². The fraction of sp³-hybridized carbons (Fsp3) is 0.469. The van der Waals surface area contributed by atoms with Gasteiger partial charge in [-0.3, -0.25) is 0 Å². The van der Waals surface area contributed by atoms with Crippen molar-refractivity contribution in [1.29, 1.82) is 0 Å². The van der Waals surface area contributed by atoms with Gasteiger partial charge in [-0.15, -0.1) is 0 Å². The van der Waals surface area contributed by atoms with Crippen molar-refractivity contribution in [3.8, 4) is 22.5 Å². The molecule has 1 aromatic heterocycles. The predicted molar refractivity (Wildman–Crippen MR) is 155 cm³/mol. The van der Waals surface area contributed by atoms with Gasteiger partial charge in [-0.1, -0.05) is 60.8 Å². The fourth-order valence-corrected chi connectivity index (χ4v) is 6.16. The fourth-order valence-electron chi connectivity index (χ4n) is 6.16. The van der Waals surface area contributed by atoms with Crippen LogP contribution in [0, 0.1) is 5.92 Å². The van der Waals surface area contributed by atoms with Crippen LogP contribution in [-0.4, -0.2) is 60.1 Å². The van der Waals surface area contributed by atoms with Gasteiger partial charge >= 0.3 is 12.0 Å². The monoisotopic (exact) mass is 542 g/mol. The number of carbonyl (C=O) groups is 1. The summed E-state index contributed by atoms with van der Waals surface area (Å²) in [5.41, 5.74) is 5.08. The molecule has 0 spiro atoms. The van der Waals surface area contributed by atoms with Crippen molar-refractivity contribution in [2.24, 2.45) is 5.92 Å². The summed E-state index contributed by atoms with van der Waals surface area (Å²) in [6.07, 6.45) is 11.9. The molecule has 1 aliphatic carbocycles.